The molecule has 1 aliphatic carbocycles. The van der Waals surface area contributed by atoms with E-state index in [2.05, 4.69) is 52.6 Å². The van der Waals surface area contributed by atoms with E-state index in [0.717, 1.165) is 57.1 Å². The number of thioether (sulfide) groups is 1. The van der Waals surface area contributed by atoms with Gasteiger partial charge in [-0.25, -0.2) is 9.97 Å². The molecule has 1 atom stereocenters. The van der Waals surface area contributed by atoms with Gasteiger partial charge >= 0.3 is 0 Å². The molecule has 1 aromatic heterocycles. The summed E-state index contributed by atoms with van der Waals surface area (Å²) < 4.78 is 5.48. The van der Waals surface area contributed by atoms with Gasteiger partial charge in [0.25, 0.3) is 0 Å². The first kappa shape index (κ1) is 18.9. The summed E-state index contributed by atoms with van der Waals surface area (Å²) in [4.78, 5) is 13.3. The lowest BCUT2D eigenvalue weighted by Crippen LogP contribution is -2.42. The highest BCUT2D eigenvalue weighted by molar-refractivity contribution is 8.09. The third-order valence-electron chi connectivity index (χ3n) is 5.60. The molecule has 2 N–H and O–H groups in total. The molecule has 2 aromatic rings. The summed E-state index contributed by atoms with van der Waals surface area (Å²) in [5, 5.41) is 7.52. The number of anilines is 2. The number of nitrogens with zero attached hydrogens (tertiary/aromatic N) is 3. The Balaban J connectivity index is 1.34. The molecule has 7 heteroatoms. The number of aryl methyl sites for hydroxylation is 3. The summed E-state index contributed by atoms with van der Waals surface area (Å²) in [6, 6.07) is 6.43. The highest BCUT2D eigenvalue weighted by Crippen LogP contribution is 2.43. The standard InChI is InChI=1S/C22H27N5OS/c1-14-9-15(2)11-17(10-14)24-22-23-12-16-3-4-18-21(20(16)26-22)29-19(25-18)13-27-5-7-28-8-6-27/h9-12,19,25H,3-8,13H2,1-2H3,(H,23,24,26). The van der Waals surface area contributed by atoms with Gasteiger partial charge in [-0.2, -0.15) is 0 Å². The van der Waals surface area contributed by atoms with Crippen LogP contribution in [0.2, 0.25) is 0 Å². The van der Waals surface area contributed by atoms with Crippen LogP contribution in [0.1, 0.15) is 28.8 Å². The maximum absolute atomic E-state index is 5.48. The van der Waals surface area contributed by atoms with Crippen molar-refractivity contribution >= 4 is 28.3 Å². The van der Waals surface area contributed by atoms with Crippen LogP contribution in [0.3, 0.4) is 0 Å². The van der Waals surface area contributed by atoms with Crippen molar-refractivity contribution in [1.29, 1.82) is 0 Å². The lowest BCUT2D eigenvalue weighted by molar-refractivity contribution is 0.0376. The first-order chi connectivity index (χ1) is 14.1. The molecule has 5 rings (SSSR count). The van der Waals surface area contributed by atoms with Crippen LogP contribution in [0.4, 0.5) is 11.6 Å². The SMILES string of the molecule is Cc1cc(C)cc(Nc2ncc3c(n2)C2=C(CC3)NC(CN3CCOCC3)S2)c1. The highest BCUT2D eigenvalue weighted by Gasteiger charge is 2.32. The van der Waals surface area contributed by atoms with Crippen molar-refractivity contribution in [2.45, 2.75) is 32.1 Å². The van der Waals surface area contributed by atoms with Crippen LogP contribution in [0.25, 0.3) is 4.91 Å². The van der Waals surface area contributed by atoms with Gasteiger partial charge in [-0.1, -0.05) is 17.8 Å². The smallest absolute Gasteiger partial charge is 0.227 e. The van der Waals surface area contributed by atoms with E-state index >= 15 is 0 Å². The van der Waals surface area contributed by atoms with Crippen LogP contribution in [0, 0.1) is 13.8 Å². The summed E-state index contributed by atoms with van der Waals surface area (Å²) >= 11 is 1.92. The van der Waals surface area contributed by atoms with Gasteiger partial charge in [-0.15, -0.1) is 0 Å². The van der Waals surface area contributed by atoms with E-state index < -0.39 is 0 Å². The number of allylic oxidation sites excluding steroid dienone is 1. The van der Waals surface area contributed by atoms with Crippen molar-refractivity contribution in [3.05, 3.63) is 52.5 Å². The summed E-state index contributed by atoms with van der Waals surface area (Å²) in [5.41, 5.74) is 7.19. The van der Waals surface area contributed by atoms with E-state index in [1.54, 1.807) is 0 Å². The maximum atomic E-state index is 5.48. The van der Waals surface area contributed by atoms with E-state index in [-0.39, 0.29) is 0 Å². The minimum atomic E-state index is 0.384. The minimum Gasteiger partial charge on any atom is -0.379 e. The Labute approximate surface area is 176 Å². The Hall–Kier alpha value is -2.09. The molecule has 152 valence electrons. The number of ether oxygens (including phenoxy) is 1. The van der Waals surface area contributed by atoms with Crippen LogP contribution in [0.5, 0.6) is 0 Å². The number of morpholine rings is 1. The van der Waals surface area contributed by atoms with Crippen molar-refractivity contribution in [2.75, 3.05) is 38.2 Å². The quantitative estimate of drug-likeness (QED) is 0.802. The van der Waals surface area contributed by atoms with Crippen molar-refractivity contribution in [2.24, 2.45) is 0 Å². The zero-order valence-electron chi connectivity index (χ0n) is 17.0. The van der Waals surface area contributed by atoms with Crippen LogP contribution in [0.15, 0.2) is 30.1 Å². The molecule has 0 saturated carbocycles. The Morgan fingerprint density at radius 2 is 1.97 bits per heavy atom. The topological polar surface area (TPSA) is 62.3 Å². The predicted octanol–water partition coefficient (Wildman–Crippen LogP) is 3.45. The van der Waals surface area contributed by atoms with Crippen LogP contribution in [-0.2, 0) is 11.2 Å². The number of aromatic nitrogens is 2. The first-order valence-corrected chi connectivity index (χ1v) is 11.2. The van der Waals surface area contributed by atoms with Gasteiger partial charge in [0, 0.05) is 37.2 Å². The molecule has 3 heterocycles. The molecular formula is C22H27N5OS. The number of nitrogens with one attached hydrogen (secondary N) is 2. The second-order valence-electron chi connectivity index (χ2n) is 8.04. The number of benzene rings is 1. The monoisotopic (exact) mass is 409 g/mol. The molecule has 2 aliphatic heterocycles. The molecule has 0 radical (unpaired) electrons. The third kappa shape index (κ3) is 4.13. The largest absolute Gasteiger partial charge is 0.379 e. The normalized spacial score (nSPS) is 21.5. The second kappa shape index (κ2) is 7.97. The molecule has 0 bridgehead atoms. The van der Waals surface area contributed by atoms with Gasteiger partial charge in [0.15, 0.2) is 0 Å². The van der Waals surface area contributed by atoms with Crippen LogP contribution < -0.4 is 10.6 Å². The van der Waals surface area contributed by atoms with Gasteiger partial charge in [-0.3, -0.25) is 4.90 Å². The third-order valence-corrected chi connectivity index (χ3v) is 6.83. The summed E-state index contributed by atoms with van der Waals surface area (Å²) in [6.45, 7) is 8.98. The maximum Gasteiger partial charge on any atom is 0.227 e. The zero-order chi connectivity index (χ0) is 19.8. The second-order valence-corrected chi connectivity index (χ2v) is 9.25. The number of hydrogen-bond acceptors (Lipinski definition) is 7. The van der Waals surface area contributed by atoms with Crippen LogP contribution in [-0.4, -0.2) is 53.1 Å². The average Bonchev–Trinajstić information content (AvgIpc) is 3.11. The molecular weight excluding hydrogens is 382 g/mol. The highest BCUT2D eigenvalue weighted by atomic mass is 32.2. The molecule has 0 spiro atoms. The summed E-state index contributed by atoms with van der Waals surface area (Å²) in [7, 11) is 0. The fraction of sp³-hybridized carbons (Fsp3) is 0.455. The molecule has 1 saturated heterocycles. The predicted molar refractivity (Wildman–Crippen MR) is 118 cm³/mol. The van der Waals surface area contributed by atoms with E-state index in [4.69, 9.17) is 9.72 Å². The number of fused-ring (bicyclic) bond motifs is 2. The fourth-order valence-corrected chi connectivity index (χ4v) is 5.63. The summed E-state index contributed by atoms with van der Waals surface area (Å²) in [6.07, 6.45) is 4.03. The zero-order valence-corrected chi connectivity index (χ0v) is 17.8. The van der Waals surface area contributed by atoms with E-state index in [1.807, 2.05) is 18.0 Å². The Morgan fingerprint density at radius 1 is 1.17 bits per heavy atom. The van der Waals surface area contributed by atoms with Crippen molar-refractivity contribution in [3.63, 3.8) is 0 Å². The fourth-order valence-electron chi connectivity index (χ4n) is 4.27. The van der Waals surface area contributed by atoms with Crippen molar-refractivity contribution in [1.82, 2.24) is 20.2 Å². The average molecular weight is 410 g/mol. The summed E-state index contributed by atoms with van der Waals surface area (Å²) in [5.74, 6) is 0.666. The molecule has 6 nitrogen and oxygen atoms in total. The number of hydrogen-bond donors (Lipinski definition) is 2. The van der Waals surface area contributed by atoms with Gasteiger partial charge in [-0.05, 0) is 55.5 Å². The molecule has 3 aliphatic rings. The molecule has 1 fully saturated rings. The minimum absolute atomic E-state index is 0.384. The van der Waals surface area contributed by atoms with Gasteiger partial charge in [0.05, 0.1) is 29.2 Å². The van der Waals surface area contributed by atoms with Gasteiger partial charge < -0.3 is 15.4 Å². The van der Waals surface area contributed by atoms with Crippen LogP contribution >= 0.6 is 11.8 Å². The van der Waals surface area contributed by atoms with Gasteiger partial charge in [0.1, 0.15) is 0 Å². The van der Waals surface area contributed by atoms with Crippen molar-refractivity contribution < 1.29 is 4.74 Å². The molecule has 29 heavy (non-hydrogen) atoms. The Bertz CT molecular complexity index is 934. The lowest BCUT2D eigenvalue weighted by Gasteiger charge is -2.29. The molecule has 0 amide bonds. The molecule has 1 aromatic carbocycles. The number of rotatable bonds is 4. The Morgan fingerprint density at radius 3 is 2.76 bits per heavy atom. The lowest BCUT2D eigenvalue weighted by atomic mass is 10.0. The molecule has 1 unspecified atom stereocenters. The first-order valence-electron chi connectivity index (χ1n) is 10.3. The van der Waals surface area contributed by atoms with Crippen molar-refractivity contribution in [3.8, 4) is 0 Å². The van der Waals surface area contributed by atoms with E-state index in [0.29, 0.717) is 11.3 Å². The van der Waals surface area contributed by atoms with E-state index in [1.165, 1.54) is 27.3 Å². The Kier molecular flexibility index (Phi) is 5.20. The van der Waals surface area contributed by atoms with Gasteiger partial charge in [0.2, 0.25) is 5.95 Å². The van der Waals surface area contributed by atoms with E-state index in [9.17, 15) is 0 Å².